The van der Waals surface area contributed by atoms with Gasteiger partial charge in [-0.05, 0) is 19.4 Å². The van der Waals surface area contributed by atoms with Gasteiger partial charge in [-0.2, -0.15) is 5.10 Å². The number of aliphatic carboxylic acids is 1. The van der Waals surface area contributed by atoms with E-state index in [1.54, 1.807) is 16.8 Å². The van der Waals surface area contributed by atoms with Crippen LogP contribution >= 0.6 is 0 Å². The van der Waals surface area contributed by atoms with Crippen molar-refractivity contribution in [1.29, 1.82) is 0 Å². The number of benzene rings is 1. The summed E-state index contributed by atoms with van der Waals surface area (Å²) in [6.45, 7) is 2.03. The molecule has 0 unspecified atom stereocenters. The molecule has 3 aromatic rings. The third-order valence-corrected chi connectivity index (χ3v) is 3.40. The fourth-order valence-corrected chi connectivity index (χ4v) is 2.34. The highest BCUT2D eigenvalue weighted by Gasteiger charge is 2.16. The molecule has 1 aromatic carbocycles. The van der Waals surface area contributed by atoms with Crippen LogP contribution in [0, 0.1) is 6.92 Å². The molecule has 0 saturated carbocycles. The zero-order valence-electron chi connectivity index (χ0n) is 11.7. The Labute approximate surface area is 121 Å². The van der Waals surface area contributed by atoms with Crippen LogP contribution in [0.4, 0.5) is 0 Å². The van der Waals surface area contributed by atoms with E-state index >= 15 is 0 Å². The molecular weight excluding hydrogens is 266 g/mol. The molecule has 0 aliphatic rings. The van der Waals surface area contributed by atoms with Gasteiger partial charge in [-0.3, -0.25) is 4.79 Å². The molecule has 0 atom stereocenters. The lowest BCUT2D eigenvalue weighted by atomic mass is 10.0. The van der Waals surface area contributed by atoms with Crippen LogP contribution in [-0.4, -0.2) is 25.7 Å². The topological polar surface area (TPSA) is 67.5 Å². The van der Waals surface area contributed by atoms with Gasteiger partial charge in [0.1, 0.15) is 0 Å². The quantitative estimate of drug-likeness (QED) is 0.798. The lowest BCUT2D eigenvalue weighted by Gasteiger charge is -2.02. The molecule has 5 nitrogen and oxygen atoms in total. The Balaban J connectivity index is 2.13. The Hall–Kier alpha value is -2.69. The highest BCUT2D eigenvalue weighted by Crippen LogP contribution is 2.26. The summed E-state index contributed by atoms with van der Waals surface area (Å²) in [7, 11) is 0. The number of carboxylic acid groups (broad SMARTS) is 1. The van der Waals surface area contributed by atoms with E-state index < -0.39 is 5.97 Å². The normalized spacial score (nSPS) is 10.9. The van der Waals surface area contributed by atoms with Crippen molar-refractivity contribution in [3.05, 3.63) is 53.9 Å². The maximum atomic E-state index is 10.9. The minimum absolute atomic E-state index is 0.0663. The first kappa shape index (κ1) is 13.3. The molecule has 0 amide bonds. The second-order valence-electron chi connectivity index (χ2n) is 4.97. The van der Waals surface area contributed by atoms with Gasteiger partial charge >= 0.3 is 5.97 Å². The minimum atomic E-state index is -0.819. The lowest BCUT2D eigenvalue weighted by Crippen LogP contribution is -1.99. The maximum Gasteiger partial charge on any atom is 0.303 e. The van der Waals surface area contributed by atoms with E-state index in [0.717, 1.165) is 16.8 Å². The van der Waals surface area contributed by atoms with Gasteiger partial charge in [-0.1, -0.05) is 29.8 Å². The Kier molecular flexibility index (Phi) is 3.39. The number of carbonyl (C=O) groups is 1. The molecule has 0 bridgehead atoms. The molecule has 0 aliphatic carbocycles. The zero-order valence-corrected chi connectivity index (χ0v) is 11.7. The number of aromatic nitrogens is 3. The average Bonchev–Trinajstić information content (AvgIpc) is 2.84. The van der Waals surface area contributed by atoms with Crippen molar-refractivity contribution in [3.8, 4) is 11.3 Å². The number of nitrogens with zero attached hydrogens (tertiary/aromatic N) is 3. The van der Waals surface area contributed by atoms with Crippen LogP contribution in [0.5, 0.6) is 0 Å². The Morgan fingerprint density at radius 3 is 2.76 bits per heavy atom. The molecular formula is C16H15N3O2. The van der Waals surface area contributed by atoms with Crippen molar-refractivity contribution < 1.29 is 9.90 Å². The predicted octanol–water partition coefficient (Wildman–Crippen LogP) is 2.72. The fraction of sp³-hybridized carbons (Fsp3) is 0.188. The zero-order chi connectivity index (χ0) is 14.8. The highest BCUT2D eigenvalue weighted by molar-refractivity contribution is 5.73. The van der Waals surface area contributed by atoms with Gasteiger partial charge in [0.25, 0.3) is 0 Å². The lowest BCUT2D eigenvalue weighted by molar-refractivity contribution is -0.136. The first-order valence-electron chi connectivity index (χ1n) is 6.76. The van der Waals surface area contributed by atoms with Gasteiger partial charge < -0.3 is 5.11 Å². The highest BCUT2D eigenvalue weighted by atomic mass is 16.4. The third-order valence-electron chi connectivity index (χ3n) is 3.40. The first-order chi connectivity index (χ1) is 10.1. The van der Waals surface area contributed by atoms with Crippen molar-refractivity contribution in [3.63, 3.8) is 0 Å². The van der Waals surface area contributed by atoms with Crippen LogP contribution in [0.3, 0.4) is 0 Å². The van der Waals surface area contributed by atoms with E-state index in [2.05, 4.69) is 10.1 Å². The first-order valence-corrected chi connectivity index (χ1v) is 6.76. The fourth-order valence-electron chi connectivity index (χ4n) is 2.34. The number of aryl methyl sites for hydroxylation is 2. The number of fused-ring (bicyclic) bond motifs is 1. The van der Waals surface area contributed by atoms with Gasteiger partial charge in [0.05, 0.1) is 5.69 Å². The number of carboxylic acids is 1. The Morgan fingerprint density at radius 1 is 1.29 bits per heavy atom. The van der Waals surface area contributed by atoms with Crippen LogP contribution in [-0.2, 0) is 11.2 Å². The van der Waals surface area contributed by atoms with Crippen LogP contribution in [0.25, 0.3) is 16.9 Å². The van der Waals surface area contributed by atoms with E-state index in [1.807, 2.05) is 37.4 Å². The molecule has 0 aliphatic heterocycles. The van der Waals surface area contributed by atoms with E-state index in [4.69, 9.17) is 5.11 Å². The molecule has 2 heterocycles. The molecule has 3 rings (SSSR count). The molecule has 0 saturated heterocycles. The summed E-state index contributed by atoms with van der Waals surface area (Å²) in [5.74, 6) is -0.819. The Bertz CT molecular complexity index is 791. The van der Waals surface area contributed by atoms with Crippen LogP contribution in [0.15, 0.2) is 42.7 Å². The summed E-state index contributed by atoms with van der Waals surface area (Å²) < 4.78 is 1.70. The molecule has 1 N–H and O–H groups in total. The summed E-state index contributed by atoms with van der Waals surface area (Å²) in [5.41, 5.74) is 4.55. The second-order valence-corrected chi connectivity index (χ2v) is 4.97. The Morgan fingerprint density at radius 2 is 2.05 bits per heavy atom. The monoisotopic (exact) mass is 281 g/mol. The molecule has 2 aromatic heterocycles. The third kappa shape index (κ3) is 2.63. The SMILES string of the molecule is Cc1ccc(-c2nn3cccnc3c2CCC(=O)O)cc1. The van der Waals surface area contributed by atoms with E-state index in [1.165, 1.54) is 5.56 Å². The van der Waals surface area contributed by atoms with Gasteiger partial charge in [-0.15, -0.1) is 0 Å². The van der Waals surface area contributed by atoms with Crippen molar-refractivity contribution in [2.45, 2.75) is 19.8 Å². The summed E-state index contributed by atoms with van der Waals surface area (Å²) in [5, 5.41) is 13.5. The van der Waals surface area contributed by atoms with Gasteiger partial charge in [0, 0.05) is 29.9 Å². The van der Waals surface area contributed by atoms with E-state index in [-0.39, 0.29) is 6.42 Å². The van der Waals surface area contributed by atoms with Gasteiger partial charge in [-0.25, -0.2) is 9.50 Å². The molecule has 5 heteroatoms. The standard InChI is InChI=1S/C16H15N3O2/c1-11-3-5-12(6-4-11)15-13(7-8-14(20)21)16-17-9-2-10-19(16)18-15/h2-6,9-10H,7-8H2,1H3,(H,20,21). The van der Waals surface area contributed by atoms with Crippen molar-refractivity contribution in [2.24, 2.45) is 0 Å². The van der Waals surface area contributed by atoms with Crippen molar-refractivity contribution in [1.82, 2.24) is 14.6 Å². The van der Waals surface area contributed by atoms with Gasteiger partial charge in [0.15, 0.2) is 5.65 Å². The van der Waals surface area contributed by atoms with Crippen LogP contribution < -0.4 is 0 Å². The molecule has 0 spiro atoms. The van der Waals surface area contributed by atoms with Gasteiger partial charge in [0.2, 0.25) is 0 Å². The van der Waals surface area contributed by atoms with Crippen LogP contribution in [0.2, 0.25) is 0 Å². The smallest absolute Gasteiger partial charge is 0.303 e. The van der Waals surface area contributed by atoms with Crippen molar-refractivity contribution >= 4 is 11.6 Å². The number of rotatable bonds is 4. The molecule has 106 valence electrons. The maximum absolute atomic E-state index is 10.9. The molecule has 21 heavy (non-hydrogen) atoms. The van der Waals surface area contributed by atoms with Crippen molar-refractivity contribution in [2.75, 3.05) is 0 Å². The molecule has 0 fully saturated rings. The van der Waals surface area contributed by atoms with E-state index in [0.29, 0.717) is 12.1 Å². The summed E-state index contributed by atoms with van der Waals surface area (Å²) in [4.78, 5) is 15.2. The number of hydrogen-bond donors (Lipinski definition) is 1. The summed E-state index contributed by atoms with van der Waals surface area (Å²) in [6.07, 6.45) is 4.00. The largest absolute Gasteiger partial charge is 0.481 e. The number of hydrogen-bond acceptors (Lipinski definition) is 3. The molecule has 0 radical (unpaired) electrons. The average molecular weight is 281 g/mol. The van der Waals surface area contributed by atoms with Crippen LogP contribution in [0.1, 0.15) is 17.5 Å². The predicted molar refractivity (Wildman–Crippen MR) is 79.1 cm³/mol. The summed E-state index contributed by atoms with van der Waals surface area (Å²) >= 11 is 0. The van der Waals surface area contributed by atoms with E-state index in [9.17, 15) is 4.79 Å². The second kappa shape index (κ2) is 5.36. The minimum Gasteiger partial charge on any atom is -0.481 e. The summed E-state index contributed by atoms with van der Waals surface area (Å²) in [6, 6.07) is 9.85.